The van der Waals surface area contributed by atoms with Crippen LogP contribution in [0.3, 0.4) is 0 Å². The predicted octanol–water partition coefficient (Wildman–Crippen LogP) is 0.103. The van der Waals surface area contributed by atoms with Gasteiger partial charge in [-0.2, -0.15) is 0 Å². The lowest BCUT2D eigenvalue weighted by Crippen LogP contribution is -2.37. The van der Waals surface area contributed by atoms with E-state index in [1.807, 2.05) is 0 Å². The number of ether oxygens (including phenoxy) is 3. The Labute approximate surface area is 94.7 Å². The lowest BCUT2D eigenvalue weighted by molar-refractivity contribution is -0.163. The zero-order valence-electron chi connectivity index (χ0n) is 9.80. The van der Waals surface area contributed by atoms with Crippen molar-refractivity contribution in [3.8, 4) is 0 Å². The van der Waals surface area contributed by atoms with Crippen LogP contribution in [0.2, 0.25) is 0 Å². The van der Waals surface area contributed by atoms with Crippen molar-refractivity contribution in [2.24, 2.45) is 5.41 Å². The number of fused-ring (bicyclic) bond motifs is 1. The van der Waals surface area contributed by atoms with E-state index >= 15 is 0 Å². The van der Waals surface area contributed by atoms with Crippen LogP contribution < -0.4 is 0 Å². The third-order valence-electron chi connectivity index (χ3n) is 2.85. The number of rotatable bonds is 1. The van der Waals surface area contributed by atoms with Gasteiger partial charge >= 0.3 is 5.97 Å². The summed E-state index contributed by atoms with van der Waals surface area (Å²) < 4.78 is 16.1. The SMILES string of the molecule is CC(C)(C)C(=O)O[C@@H]1COC2C1OC[C@H]2O. The summed E-state index contributed by atoms with van der Waals surface area (Å²) in [4.78, 5) is 11.7. The molecule has 0 radical (unpaired) electrons. The third-order valence-corrected chi connectivity index (χ3v) is 2.85. The van der Waals surface area contributed by atoms with Crippen molar-refractivity contribution in [3.05, 3.63) is 0 Å². The molecule has 2 fully saturated rings. The lowest BCUT2D eigenvalue weighted by atomic mass is 9.97. The quantitative estimate of drug-likeness (QED) is 0.647. The molecule has 0 saturated carbocycles. The van der Waals surface area contributed by atoms with Crippen LogP contribution in [0.1, 0.15) is 20.8 Å². The highest BCUT2D eigenvalue weighted by atomic mass is 16.6. The van der Waals surface area contributed by atoms with Crippen LogP contribution >= 0.6 is 0 Å². The van der Waals surface area contributed by atoms with Gasteiger partial charge in [0, 0.05) is 0 Å². The summed E-state index contributed by atoms with van der Waals surface area (Å²) in [6.07, 6.45) is -1.67. The Kier molecular flexibility index (Phi) is 2.94. The molecule has 2 unspecified atom stereocenters. The molecule has 0 amide bonds. The highest BCUT2D eigenvalue weighted by molar-refractivity contribution is 5.75. The monoisotopic (exact) mass is 230 g/mol. The number of carbonyl (C=O) groups is 1. The summed E-state index contributed by atoms with van der Waals surface area (Å²) in [5, 5.41) is 9.52. The first-order valence-electron chi connectivity index (χ1n) is 5.52. The van der Waals surface area contributed by atoms with E-state index in [1.54, 1.807) is 20.8 Å². The fourth-order valence-corrected chi connectivity index (χ4v) is 1.86. The highest BCUT2D eigenvalue weighted by Gasteiger charge is 2.49. The van der Waals surface area contributed by atoms with Crippen molar-refractivity contribution in [2.75, 3.05) is 13.2 Å². The van der Waals surface area contributed by atoms with Gasteiger partial charge in [0.25, 0.3) is 0 Å². The molecule has 2 aliphatic rings. The van der Waals surface area contributed by atoms with Gasteiger partial charge in [-0.3, -0.25) is 4.79 Å². The first-order valence-corrected chi connectivity index (χ1v) is 5.52. The van der Waals surface area contributed by atoms with Gasteiger partial charge in [0.2, 0.25) is 0 Å². The predicted molar refractivity (Wildman–Crippen MR) is 54.8 cm³/mol. The maximum absolute atomic E-state index is 11.7. The van der Waals surface area contributed by atoms with Gasteiger partial charge in [0.15, 0.2) is 6.10 Å². The van der Waals surface area contributed by atoms with Crippen molar-refractivity contribution in [1.82, 2.24) is 0 Å². The molecule has 0 aromatic heterocycles. The molecule has 1 N–H and O–H groups in total. The van der Waals surface area contributed by atoms with Gasteiger partial charge in [0.05, 0.1) is 18.6 Å². The first-order chi connectivity index (χ1) is 7.39. The summed E-state index contributed by atoms with van der Waals surface area (Å²) in [6, 6.07) is 0. The first kappa shape index (κ1) is 11.8. The van der Waals surface area contributed by atoms with Crippen LogP contribution in [0.4, 0.5) is 0 Å². The van der Waals surface area contributed by atoms with E-state index in [4.69, 9.17) is 14.2 Å². The smallest absolute Gasteiger partial charge is 0.311 e. The van der Waals surface area contributed by atoms with Crippen LogP contribution in [-0.4, -0.2) is 48.7 Å². The minimum absolute atomic E-state index is 0.249. The van der Waals surface area contributed by atoms with Gasteiger partial charge in [-0.25, -0.2) is 0 Å². The number of esters is 1. The molecular weight excluding hydrogens is 212 g/mol. The van der Waals surface area contributed by atoms with E-state index < -0.39 is 17.6 Å². The Balaban J connectivity index is 1.95. The van der Waals surface area contributed by atoms with Crippen molar-refractivity contribution in [1.29, 1.82) is 0 Å². The normalized spacial score (nSPS) is 38.5. The maximum atomic E-state index is 11.7. The highest BCUT2D eigenvalue weighted by Crippen LogP contribution is 2.30. The molecule has 0 bridgehead atoms. The second kappa shape index (κ2) is 3.98. The standard InChI is InChI=1S/C11H18O5/c1-11(2,3)10(13)16-7-5-15-8-6(12)4-14-9(7)8/h6-9,12H,4-5H2,1-3H3/t6-,7-,8?,9?/m1/s1. The molecule has 5 heteroatoms. The zero-order chi connectivity index (χ0) is 11.9. The molecule has 2 heterocycles. The summed E-state index contributed by atoms with van der Waals surface area (Å²) in [6.45, 7) is 5.94. The zero-order valence-corrected chi connectivity index (χ0v) is 9.80. The average molecular weight is 230 g/mol. The van der Waals surface area contributed by atoms with Crippen LogP contribution in [0.15, 0.2) is 0 Å². The lowest BCUT2D eigenvalue weighted by Gasteiger charge is -2.22. The summed E-state index contributed by atoms with van der Waals surface area (Å²) in [5.41, 5.74) is -0.532. The second-order valence-electron chi connectivity index (χ2n) is 5.36. The van der Waals surface area contributed by atoms with E-state index in [2.05, 4.69) is 0 Å². The van der Waals surface area contributed by atoms with Gasteiger partial charge in [-0.15, -0.1) is 0 Å². The maximum Gasteiger partial charge on any atom is 0.311 e. The fourth-order valence-electron chi connectivity index (χ4n) is 1.86. The van der Waals surface area contributed by atoms with E-state index in [0.717, 1.165) is 0 Å². The summed E-state index contributed by atoms with van der Waals surface area (Å²) in [5.74, 6) is -0.272. The van der Waals surface area contributed by atoms with Crippen LogP contribution in [0.25, 0.3) is 0 Å². The molecule has 2 rings (SSSR count). The van der Waals surface area contributed by atoms with E-state index in [1.165, 1.54) is 0 Å². The largest absolute Gasteiger partial charge is 0.457 e. The Morgan fingerprint density at radius 2 is 1.88 bits per heavy atom. The molecule has 92 valence electrons. The number of hydrogen-bond acceptors (Lipinski definition) is 5. The Morgan fingerprint density at radius 3 is 2.50 bits per heavy atom. The molecule has 5 nitrogen and oxygen atoms in total. The minimum Gasteiger partial charge on any atom is -0.457 e. The number of hydrogen-bond donors (Lipinski definition) is 1. The number of carbonyl (C=O) groups excluding carboxylic acids is 1. The molecule has 4 atom stereocenters. The molecule has 0 aliphatic carbocycles. The Hall–Kier alpha value is -0.650. The van der Waals surface area contributed by atoms with Gasteiger partial charge in [-0.05, 0) is 20.8 Å². The summed E-state index contributed by atoms with van der Waals surface area (Å²) in [7, 11) is 0. The van der Waals surface area contributed by atoms with Gasteiger partial charge in [0.1, 0.15) is 18.3 Å². The molecular formula is C11H18O5. The molecule has 0 aromatic carbocycles. The van der Waals surface area contributed by atoms with Crippen LogP contribution in [0, 0.1) is 5.41 Å². The van der Waals surface area contributed by atoms with Gasteiger partial charge < -0.3 is 19.3 Å². The van der Waals surface area contributed by atoms with E-state index in [0.29, 0.717) is 6.61 Å². The minimum atomic E-state index is -0.608. The average Bonchev–Trinajstić information content (AvgIpc) is 2.70. The molecule has 0 spiro atoms. The van der Waals surface area contributed by atoms with Crippen molar-refractivity contribution < 1.29 is 24.1 Å². The second-order valence-corrected chi connectivity index (χ2v) is 5.36. The summed E-state index contributed by atoms with van der Waals surface area (Å²) >= 11 is 0. The molecule has 2 saturated heterocycles. The molecule has 16 heavy (non-hydrogen) atoms. The number of aliphatic hydroxyl groups is 1. The molecule has 2 aliphatic heterocycles. The van der Waals surface area contributed by atoms with Crippen LogP contribution in [-0.2, 0) is 19.0 Å². The van der Waals surface area contributed by atoms with Crippen LogP contribution in [0.5, 0.6) is 0 Å². The van der Waals surface area contributed by atoms with Crippen molar-refractivity contribution in [2.45, 2.75) is 45.2 Å². The topological polar surface area (TPSA) is 65.0 Å². The Bertz CT molecular complexity index is 283. The number of aliphatic hydroxyl groups excluding tert-OH is 1. The van der Waals surface area contributed by atoms with E-state index in [-0.39, 0.29) is 24.8 Å². The Morgan fingerprint density at radius 1 is 1.25 bits per heavy atom. The molecule has 0 aromatic rings. The van der Waals surface area contributed by atoms with Crippen molar-refractivity contribution >= 4 is 5.97 Å². The van der Waals surface area contributed by atoms with Gasteiger partial charge in [-0.1, -0.05) is 0 Å². The van der Waals surface area contributed by atoms with Crippen molar-refractivity contribution in [3.63, 3.8) is 0 Å². The third kappa shape index (κ3) is 2.07. The van der Waals surface area contributed by atoms with E-state index in [9.17, 15) is 9.90 Å². The fraction of sp³-hybridized carbons (Fsp3) is 0.909.